The first-order valence-corrected chi connectivity index (χ1v) is 4.16. The number of hydrogen-bond acceptors (Lipinski definition) is 5. The molecule has 0 saturated heterocycles. The fraction of sp³-hybridized carbons (Fsp3) is 1.00. The van der Waals surface area contributed by atoms with E-state index in [1.54, 1.807) is 7.05 Å². The monoisotopic (exact) mass is 181 g/mol. The molecule has 0 aliphatic rings. The first-order valence-electron chi connectivity index (χ1n) is 3.16. The van der Waals surface area contributed by atoms with Crippen molar-refractivity contribution in [3.05, 3.63) is 0 Å². The Kier molecular flexibility index (Phi) is 5.61. The van der Waals surface area contributed by atoms with Gasteiger partial charge < -0.3 is 9.45 Å². The summed E-state index contributed by atoms with van der Waals surface area (Å²) in [7, 11) is 5.38. The molecule has 5 nitrogen and oxygen atoms in total. The Hall–Kier alpha value is -0.0100. The van der Waals surface area contributed by atoms with Gasteiger partial charge >= 0.3 is 0 Å². The molecular formula is C5H13N2O3S-. The zero-order valence-electron chi connectivity index (χ0n) is 6.94. The van der Waals surface area contributed by atoms with Gasteiger partial charge in [-0.25, -0.2) is 8.49 Å². The van der Waals surface area contributed by atoms with Gasteiger partial charge in [0, 0.05) is 20.1 Å². The van der Waals surface area contributed by atoms with Crippen molar-refractivity contribution in [3.63, 3.8) is 0 Å². The van der Waals surface area contributed by atoms with E-state index in [0.29, 0.717) is 6.54 Å². The Bertz CT molecular complexity index is 131. The molecule has 6 heteroatoms. The van der Waals surface area contributed by atoms with Crippen LogP contribution in [0.2, 0.25) is 0 Å². The van der Waals surface area contributed by atoms with Gasteiger partial charge in [-0.1, -0.05) is 0 Å². The summed E-state index contributed by atoms with van der Waals surface area (Å²) < 4.78 is 24.3. The Morgan fingerprint density at radius 3 is 2.27 bits per heavy atom. The summed E-state index contributed by atoms with van der Waals surface area (Å²) in [6.07, 6.45) is 0. The summed E-state index contributed by atoms with van der Waals surface area (Å²) >= 11 is -2.45. The van der Waals surface area contributed by atoms with Crippen LogP contribution in [0.5, 0.6) is 0 Å². The summed E-state index contributed by atoms with van der Waals surface area (Å²) in [5.41, 5.74) is 0. The van der Waals surface area contributed by atoms with Crippen molar-refractivity contribution in [1.82, 2.24) is 9.96 Å². The predicted octanol–water partition coefficient (Wildman–Crippen LogP) is -0.794. The third-order valence-electron chi connectivity index (χ3n) is 1.05. The lowest BCUT2D eigenvalue weighted by Crippen LogP contribution is -2.29. The van der Waals surface area contributed by atoms with Crippen molar-refractivity contribution in [1.29, 1.82) is 0 Å². The molecule has 1 unspecified atom stereocenters. The summed E-state index contributed by atoms with van der Waals surface area (Å²) in [5.74, 6) is 0. The average molecular weight is 181 g/mol. The highest BCUT2D eigenvalue weighted by Crippen LogP contribution is 1.87. The summed E-state index contributed by atoms with van der Waals surface area (Å²) in [6.45, 7) is 1.31. The van der Waals surface area contributed by atoms with Crippen LogP contribution in [-0.2, 0) is 15.6 Å². The predicted molar refractivity (Wildman–Crippen MR) is 41.2 cm³/mol. The van der Waals surface area contributed by atoms with Gasteiger partial charge in [0.25, 0.3) is 0 Å². The number of likely N-dealkylation sites (N-methyl/N-ethyl adjacent to an activating group) is 2. The van der Waals surface area contributed by atoms with Gasteiger partial charge in [0.05, 0.1) is 0 Å². The van der Waals surface area contributed by atoms with Crippen molar-refractivity contribution in [2.75, 3.05) is 34.2 Å². The van der Waals surface area contributed by atoms with Gasteiger partial charge in [-0.15, -0.1) is 0 Å². The van der Waals surface area contributed by atoms with E-state index < -0.39 is 11.4 Å². The highest BCUT2D eigenvalue weighted by Gasteiger charge is 1.98. The minimum Gasteiger partial charge on any atom is -0.748 e. The Morgan fingerprint density at radius 1 is 1.36 bits per heavy atom. The maximum absolute atomic E-state index is 9.98. The standard InChI is InChI=1S/C5H14N2O3S/c1-6(2)4-5-7(3)10-11(8)9/h4-5H2,1-3H3,(H,8,9)/p-1. The molecule has 0 rings (SSSR count). The Morgan fingerprint density at radius 2 is 1.91 bits per heavy atom. The summed E-state index contributed by atoms with van der Waals surface area (Å²) in [4.78, 5) is 1.94. The smallest absolute Gasteiger partial charge is 0.106 e. The third-order valence-corrected chi connectivity index (χ3v) is 1.43. The molecule has 68 valence electrons. The van der Waals surface area contributed by atoms with Crippen molar-refractivity contribution in [2.24, 2.45) is 0 Å². The van der Waals surface area contributed by atoms with E-state index in [2.05, 4.69) is 4.28 Å². The third kappa shape index (κ3) is 7.89. The van der Waals surface area contributed by atoms with Crippen LogP contribution >= 0.6 is 0 Å². The molecule has 0 fully saturated rings. The first kappa shape index (κ1) is 11.0. The largest absolute Gasteiger partial charge is 0.748 e. The normalized spacial score (nSPS) is 14.4. The van der Waals surface area contributed by atoms with E-state index in [-0.39, 0.29) is 0 Å². The molecule has 0 aliphatic carbocycles. The molecule has 0 aromatic heterocycles. The van der Waals surface area contributed by atoms with E-state index in [0.717, 1.165) is 6.54 Å². The van der Waals surface area contributed by atoms with Crippen LogP contribution < -0.4 is 0 Å². The molecule has 0 radical (unpaired) electrons. The molecule has 0 bridgehead atoms. The van der Waals surface area contributed by atoms with Gasteiger partial charge in [0.1, 0.15) is 11.4 Å². The molecule has 0 saturated carbocycles. The molecule has 1 atom stereocenters. The highest BCUT2D eigenvalue weighted by atomic mass is 32.2. The molecule has 0 aliphatic heterocycles. The lowest BCUT2D eigenvalue weighted by atomic mass is 10.6. The highest BCUT2D eigenvalue weighted by molar-refractivity contribution is 7.74. The fourth-order valence-corrected chi connectivity index (χ4v) is 0.764. The quantitative estimate of drug-likeness (QED) is 0.411. The number of hydrogen-bond donors (Lipinski definition) is 0. The lowest BCUT2D eigenvalue weighted by Gasteiger charge is -2.18. The zero-order valence-corrected chi connectivity index (χ0v) is 7.76. The minimum atomic E-state index is -2.45. The number of nitrogens with zero attached hydrogens (tertiary/aromatic N) is 2. The molecule has 0 aromatic rings. The average Bonchev–Trinajstić information content (AvgIpc) is 1.82. The minimum absolute atomic E-state index is 0.557. The number of rotatable bonds is 5. The molecule has 0 aromatic carbocycles. The SMILES string of the molecule is CN(C)CCN(C)OS(=O)[O-]. The van der Waals surface area contributed by atoms with Crippen LogP contribution in [0.4, 0.5) is 0 Å². The van der Waals surface area contributed by atoms with E-state index in [9.17, 15) is 8.76 Å². The van der Waals surface area contributed by atoms with Crippen molar-refractivity contribution in [3.8, 4) is 0 Å². The van der Waals surface area contributed by atoms with Crippen LogP contribution in [0.3, 0.4) is 0 Å². The van der Waals surface area contributed by atoms with Gasteiger partial charge in [-0.05, 0) is 14.1 Å². The maximum atomic E-state index is 9.98. The molecular weight excluding hydrogens is 168 g/mol. The van der Waals surface area contributed by atoms with E-state index in [1.807, 2.05) is 19.0 Å². The van der Waals surface area contributed by atoms with Crippen LogP contribution in [0.15, 0.2) is 0 Å². The second kappa shape index (κ2) is 5.62. The Balaban J connectivity index is 3.37. The molecule has 0 heterocycles. The van der Waals surface area contributed by atoms with Crippen LogP contribution in [-0.4, -0.2) is 53.0 Å². The molecule has 11 heavy (non-hydrogen) atoms. The first-order chi connectivity index (χ1) is 5.02. The van der Waals surface area contributed by atoms with Gasteiger partial charge in [-0.3, -0.25) is 0 Å². The van der Waals surface area contributed by atoms with Gasteiger partial charge in [0.15, 0.2) is 0 Å². The second-order valence-electron chi connectivity index (χ2n) is 2.43. The molecule has 0 N–H and O–H groups in total. The van der Waals surface area contributed by atoms with E-state index in [4.69, 9.17) is 0 Å². The van der Waals surface area contributed by atoms with E-state index >= 15 is 0 Å². The van der Waals surface area contributed by atoms with E-state index in [1.165, 1.54) is 5.06 Å². The second-order valence-corrected chi connectivity index (χ2v) is 2.99. The summed E-state index contributed by atoms with van der Waals surface area (Å²) in [6, 6.07) is 0. The fourth-order valence-electron chi connectivity index (χ4n) is 0.482. The van der Waals surface area contributed by atoms with Crippen molar-refractivity contribution < 1.29 is 13.0 Å². The molecule has 0 spiro atoms. The lowest BCUT2D eigenvalue weighted by molar-refractivity contribution is -0.0300. The van der Waals surface area contributed by atoms with Crippen LogP contribution in [0.1, 0.15) is 0 Å². The van der Waals surface area contributed by atoms with Crippen molar-refractivity contribution in [2.45, 2.75) is 0 Å². The van der Waals surface area contributed by atoms with Crippen molar-refractivity contribution >= 4 is 11.4 Å². The van der Waals surface area contributed by atoms with Gasteiger partial charge in [-0.2, -0.15) is 5.06 Å². The molecule has 0 amide bonds. The Labute approximate surface area is 69.4 Å². The van der Waals surface area contributed by atoms with Crippen LogP contribution in [0, 0.1) is 0 Å². The topological polar surface area (TPSA) is 55.8 Å². The maximum Gasteiger partial charge on any atom is 0.106 e. The summed E-state index contributed by atoms with van der Waals surface area (Å²) in [5, 5.41) is 1.27. The number of hydroxylamine groups is 2. The van der Waals surface area contributed by atoms with Crippen LogP contribution in [0.25, 0.3) is 0 Å². The van der Waals surface area contributed by atoms with Gasteiger partial charge in [0.2, 0.25) is 0 Å². The zero-order chi connectivity index (χ0) is 8.85.